The first kappa shape index (κ1) is 22.9. The van der Waals surface area contributed by atoms with Gasteiger partial charge in [-0.25, -0.2) is 9.97 Å². The highest BCUT2D eigenvalue weighted by atomic mass is 15.2. The van der Waals surface area contributed by atoms with Gasteiger partial charge in [-0.15, -0.1) is 0 Å². The highest BCUT2D eigenvalue weighted by molar-refractivity contribution is 5.62. The maximum Gasteiger partial charge on any atom is 0.230 e. The van der Waals surface area contributed by atoms with Gasteiger partial charge in [-0.05, 0) is 76.7 Å². The molecule has 31 heavy (non-hydrogen) atoms. The Labute approximate surface area is 187 Å². The molecule has 1 saturated heterocycles. The number of piperidine rings is 1. The summed E-state index contributed by atoms with van der Waals surface area (Å²) in [5, 5.41) is 0. The van der Waals surface area contributed by atoms with E-state index >= 15 is 0 Å². The van der Waals surface area contributed by atoms with Gasteiger partial charge in [0.25, 0.3) is 0 Å². The molecule has 1 aliphatic rings. The first-order valence-corrected chi connectivity index (χ1v) is 11.3. The monoisotopic (exact) mass is 417 g/mol. The molecule has 0 bridgehead atoms. The third kappa shape index (κ3) is 6.86. The maximum absolute atomic E-state index is 4.69. The van der Waals surface area contributed by atoms with Crippen molar-refractivity contribution in [1.82, 2.24) is 19.9 Å². The van der Waals surface area contributed by atoms with Crippen LogP contribution in [0.2, 0.25) is 0 Å². The second-order valence-corrected chi connectivity index (χ2v) is 8.29. The van der Waals surface area contributed by atoms with Gasteiger partial charge < -0.3 is 9.80 Å². The van der Waals surface area contributed by atoms with Crippen molar-refractivity contribution >= 4 is 11.6 Å². The zero-order valence-electron chi connectivity index (χ0n) is 19.4. The number of likely N-dealkylation sites (tertiary alicyclic amines) is 1. The Morgan fingerprint density at radius 3 is 2.26 bits per heavy atom. The van der Waals surface area contributed by atoms with Gasteiger partial charge in [-0.2, -0.15) is 0 Å². The smallest absolute Gasteiger partial charge is 0.230 e. The number of pyridine rings is 1. The molecule has 0 spiro atoms. The molecular formula is C26H35N5. The van der Waals surface area contributed by atoms with Crippen molar-refractivity contribution in [2.45, 2.75) is 46.0 Å². The fourth-order valence-corrected chi connectivity index (χ4v) is 3.59. The summed E-state index contributed by atoms with van der Waals surface area (Å²) >= 11 is 0. The average Bonchev–Trinajstić information content (AvgIpc) is 2.81. The third-order valence-corrected chi connectivity index (χ3v) is 5.57. The molecular weight excluding hydrogens is 382 g/mol. The van der Waals surface area contributed by atoms with Gasteiger partial charge in [0.05, 0.1) is 5.69 Å². The number of hydrogen-bond acceptors (Lipinski definition) is 5. The number of aromatic nitrogens is 3. The Bertz CT molecular complexity index is 915. The molecule has 5 heteroatoms. The molecule has 0 radical (unpaired) electrons. The Morgan fingerprint density at radius 1 is 0.935 bits per heavy atom. The van der Waals surface area contributed by atoms with Gasteiger partial charge in [-0.1, -0.05) is 37.5 Å². The first-order chi connectivity index (χ1) is 15.1. The molecule has 1 aromatic carbocycles. The van der Waals surface area contributed by atoms with Gasteiger partial charge in [0.15, 0.2) is 0 Å². The van der Waals surface area contributed by atoms with Crippen LogP contribution < -0.4 is 4.90 Å². The summed E-state index contributed by atoms with van der Waals surface area (Å²) in [4.78, 5) is 18.0. The number of benzene rings is 1. The minimum atomic E-state index is 0.675. The van der Waals surface area contributed by atoms with Gasteiger partial charge in [0, 0.05) is 36.4 Å². The van der Waals surface area contributed by atoms with E-state index in [1.54, 1.807) is 6.20 Å². The maximum atomic E-state index is 4.69. The molecule has 0 saturated carbocycles. The standard InChI is InChI=1S/C20H22N4.C6H13N/c1-4-5-17-9-8-16(14-22-17)19-12-13-21-20(23-19)24(3)18-10-6-15(2)7-11-18;1-7-5-3-2-4-6-7/h6-14H,4-5H2,1-3H3;2-6H2,1H3. The summed E-state index contributed by atoms with van der Waals surface area (Å²) < 4.78 is 0. The second kappa shape index (κ2) is 11.6. The number of hydrogen-bond donors (Lipinski definition) is 0. The quantitative estimate of drug-likeness (QED) is 0.535. The lowest BCUT2D eigenvalue weighted by Crippen LogP contribution is -2.24. The average molecular weight is 418 g/mol. The van der Waals surface area contributed by atoms with Crippen LogP contribution in [-0.2, 0) is 6.42 Å². The van der Waals surface area contributed by atoms with Crippen molar-refractivity contribution in [1.29, 1.82) is 0 Å². The number of nitrogens with zero attached hydrogens (tertiary/aromatic N) is 5. The Kier molecular flexibility index (Phi) is 8.53. The molecule has 0 atom stereocenters. The summed E-state index contributed by atoms with van der Waals surface area (Å²) in [6, 6.07) is 14.4. The van der Waals surface area contributed by atoms with Crippen LogP contribution in [0.25, 0.3) is 11.3 Å². The molecule has 0 unspecified atom stereocenters. The van der Waals surface area contributed by atoms with Crippen molar-refractivity contribution in [2.24, 2.45) is 0 Å². The lowest BCUT2D eigenvalue weighted by molar-refractivity contribution is 0.277. The molecule has 2 aromatic heterocycles. The molecule has 3 aromatic rings. The molecule has 1 aliphatic heterocycles. The van der Waals surface area contributed by atoms with E-state index in [-0.39, 0.29) is 0 Å². The summed E-state index contributed by atoms with van der Waals surface area (Å²) in [6.45, 7) is 6.88. The van der Waals surface area contributed by atoms with Crippen LogP contribution in [0.3, 0.4) is 0 Å². The topological polar surface area (TPSA) is 45.2 Å². The van der Waals surface area contributed by atoms with Gasteiger partial charge >= 0.3 is 0 Å². The second-order valence-electron chi connectivity index (χ2n) is 8.29. The van der Waals surface area contributed by atoms with Gasteiger partial charge in [0.2, 0.25) is 5.95 Å². The van der Waals surface area contributed by atoms with E-state index in [2.05, 4.69) is 72.2 Å². The first-order valence-electron chi connectivity index (χ1n) is 11.3. The van der Waals surface area contributed by atoms with E-state index in [1.807, 2.05) is 24.2 Å². The van der Waals surface area contributed by atoms with E-state index in [0.29, 0.717) is 5.95 Å². The molecule has 5 nitrogen and oxygen atoms in total. The van der Waals surface area contributed by atoms with Crippen LogP contribution >= 0.6 is 0 Å². The van der Waals surface area contributed by atoms with Crippen LogP contribution in [0.1, 0.15) is 43.9 Å². The van der Waals surface area contributed by atoms with Gasteiger partial charge in [0.1, 0.15) is 0 Å². The molecule has 3 heterocycles. The van der Waals surface area contributed by atoms with Crippen LogP contribution in [0.4, 0.5) is 11.6 Å². The highest BCUT2D eigenvalue weighted by Crippen LogP contribution is 2.23. The van der Waals surface area contributed by atoms with Crippen molar-refractivity contribution < 1.29 is 0 Å². The van der Waals surface area contributed by atoms with Crippen molar-refractivity contribution in [3.63, 3.8) is 0 Å². The van der Waals surface area contributed by atoms with Crippen molar-refractivity contribution in [3.8, 4) is 11.3 Å². The van der Waals surface area contributed by atoms with E-state index < -0.39 is 0 Å². The normalized spacial score (nSPS) is 13.9. The molecule has 4 rings (SSSR count). The Hall–Kier alpha value is -2.79. The van der Waals surface area contributed by atoms with Crippen LogP contribution in [0.5, 0.6) is 0 Å². The predicted octanol–water partition coefficient (Wildman–Crippen LogP) is 5.67. The summed E-state index contributed by atoms with van der Waals surface area (Å²) in [6.07, 6.45) is 10.1. The molecule has 0 N–H and O–H groups in total. The zero-order valence-corrected chi connectivity index (χ0v) is 19.4. The molecule has 0 aliphatic carbocycles. The minimum absolute atomic E-state index is 0.675. The number of rotatable bonds is 5. The Morgan fingerprint density at radius 2 is 1.68 bits per heavy atom. The minimum Gasteiger partial charge on any atom is -0.314 e. The number of aryl methyl sites for hydroxylation is 2. The van der Waals surface area contributed by atoms with E-state index in [4.69, 9.17) is 4.98 Å². The fourth-order valence-electron chi connectivity index (χ4n) is 3.59. The highest BCUT2D eigenvalue weighted by Gasteiger charge is 2.09. The van der Waals surface area contributed by atoms with E-state index in [0.717, 1.165) is 35.5 Å². The summed E-state index contributed by atoms with van der Waals surface area (Å²) in [5.74, 6) is 0.675. The van der Waals surface area contributed by atoms with Crippen LogP contribution in [0.15, 0.2) is 54.9 Å². The van der Waals surface area contributed by atoms with Crippen LogP contribution in [0, 0.1) is 6.92 Å². The largest absolute Gasteiger partial charge is 0.314 e. The lowest BCUT2D eigenvalue weighted by Gasteiger charge is -2.20. The van der Waals surface area contributed by atoms with Crippen molar-refractivity contribution in [2.75, 3.05) is 32.1 Å². The van der Waals surface area contributed by atoms with E-state index in [9.17, 15) is 0 Å². The molecule has 1 fully saturated rings. The third-order valence-electron chi connectivity index (χ3n) is 5.57. The van der Waals surface area contributed by atoms with Gasteiger partial charge in [-0.3, -0.25) is 4.98 Å². The molecule has 0 amide bonds. The summed E-state index contributed by atoms with van der Waals surface area (Å²) in [5.41, 5.74) is 5.31. The SMILES string of the molecule is CCCc1ccc(-c2ccnc(N(C)c3ccc(C)cc3)n2)cn1.CN1CCCCC1. The van der Waals surface area contributed by atoms with E-state index in [1.165, 1.54) is 37.9 Å². The summed E-state index contributed by atoms with van der Waals surface area (Å²) in [7, 11) is 4.17. The fraction of sp³-hybridized carbons (Fsp3) is 0.423. The van der Waals surface area contributed by atoms with Crippen molar-refractivity contribution in [3.05, 3.63) is 66.1 Å². The zero-order chi connectivity index (χ0) is 22.1. The lowest BCUT2D eigenvalue weighted by atomic mass is 10.1. The Balaban J connectivity index is 0.000000330. The molecule has 164 valence electrons. The predicted molar refractivity (Wildman–Crippen MR) is 130 cm³/mol. The number of anilines is 2. The van der Waals surface area contributed by atoms with Crippen LogP contribution in [-0.4, -0.2) is 47.0 Å².